The van der Waals surface area contributed by atoms with Crippen LogP contribution >= 0.6 is 31.9 Å². The third kappa shape index (κ3) is 3.14. The van der Waals surface area contributed by atoms with Gasteiger partial charge < -0.3 is 4.74 Å². The van der Waals surface area contributed by atoms with E-state index in [0.29, 0.717) is 10.0 Å². The quantitative estimate of drug-likeness (QED) is 0.615. The van der Waals surface area contributed by atoms with Gasteiger partial charge in [-0.3, -0.25) is 4.79 Å². The van der Waals surface area contributed by atoms with Crippen molar-refractivity contribution in [2.75, 3.05) is 0 Å². The first kappa shape index (κ1) is 12.4. The van der Waals surface area contributed by atoms with Crippen molar-refractivity contribution >= 4 is 43.8 Å². The minimum absolute atomic E-state index is 0.178. The van der Waals surface area contributed by atoms with Crippen LogP contribution in [0.1, 0.15) is 23.7 Å². The van der Waals surface area contributed by atoms with Crippen molar-refractivity contribution < 1.29 is 14.3 Å². The van der Waals surface area contributed by atoms with Gasteiger partial charge in [0.1, 0.15) is 0 Å². The summed E-state index contributed by atoms with van der Waals surface area (Å²) >= 11 is 6.49. The van der Waals surface area contributed by atoms with E-state index in [0.717, 1.165) is 4.47 Å². The summed E-state index contributed by atoms with van der Waals surface area (Å²) in [5, 5.41) is 0. The fourth-order valence-corrected chi connectivity index (χ4v) is 1.68. The number of rotatable bonds is 2. The highest BCUT2D eigenvalue weighted by molar-refractivity contribution is 9.13. The summed E-state index contributed by atoms with van der Waals surface area (Å²) in [4.78, 5) is 22.4. The Balaban J connectivity index is 2.92. The van der Waals surface area contributed by atoms with Gasteiger partial charge in [0.25, 0.3) is 0 Å². The maximum absolute atomic E-state index is 11.5. The average molecular weight is 336 g/mol. The molecule has 0 aromatic heterocycles. The van der Waals surface area contributed by atoms with Crippen molar-refractivity contribution in [3.8, 4) is 0 Å². The average Bonchev–Trinajstić information content (AvgIpc) is 2.21. The van der Waals surface area contributed by atoms with Crippen LogP contribution in [-0.2, 0) is 9.53 Å². The summed E-state index contributed by atoms with van der Waals surface area (Å²) < 4.78 is 5.91. The van der Waals surface area contributed by atoms with Gasteiger partial charge in [-0.15, -0.1) is 0 Å². The third-order valence-electron chi connectivity index (χ3n) is 1.67. The summed E-state index contributed by atoms with van der Waals surface area (Å²) in [6, 6.07) is 5.06. The lowest BCUT2D eigenvalue weighted by Crippen LogP contribution is -2.11. The number of carbonyl (C=O) groups is 2. The molecule has 15 heavy (non-hydrogen) atoms. The van der Waals surface area contributed by atoms with Crippen LogP contribution in [-0.4, -0.2) is 11.9 Å². The number of hydrogen-bond acceptors (Lipinski definition) is 3. The van der Waals surface area contributed by atoms with Gasteiger partial charge >= 0.3 is 11.9 Å². The molecule has 0 spiro atoms. The molecule has 0 saturated carbocycles. The predicted molar refractivity (Wildman–Crippen MR) is 62.6 cm³/mol. The summed E-state index contributed by atoms with van der Waals surface area (Å²) in [6.45, 7) is 1.63. The molecule has 0 amide bonds. The summed E-state index contributed by atoms with van der Waals surface area (Å²) in [5.41, 5.74) is 0.325. The van der Waals surface area contributed by atoms with Crippen molar-refractivity contribution in [1.29, 1.82) is 0 Å². The molecule has 0 heterocycles. The fraction of sp³-hybridized carbons (Fsp3) is 0.200. The highest BCUT2D eigenvalue weighted by Gasteiger charge is 2.15. The van der Waals surface area contributed by atoms with Gasteiger partial charge in [0.15, 0.2) is 0 Å². The molecular weight excluding hydrogens is 328 g/mol. The fourth-order valence-electron chi connectivity index (χ4n) is 0.892. The Bertz CT molecular complexity index is 402. The minimum atomic E-state index is -0.643. The lowest BCUT2D eigenvalue weighted by Gasteiger charge is -2.04. The zero-order valence-corrected chi connectivity index (χ0v) is 11.1. The van der Waals surface area contributed by atoms with Gasteiger partial charge in [0, 0.05) is 15.4 Å². The standard InChI is InChI=1S/C10H8Br2O3/c1-2-8(13)15-10(14)6-4-3-5-7(11)9(6)12/h3-5H,2H2,1H3. The molecule has 0 aliphatic rings. The molecule has 5 heteroatoms. The topological polar surface area (TPSA) is 43.4 Å². The first-order chi connectivity index (χ1) is 7.06. The van der Waals surface area contributed by atoms with Crippen molar-refractivity contribution in [1.82, 2.24) is 0 Å². The van der Waals surface area contributed by atoms with Gasteiger partial charge in [-0.25, -0.2) is 4.79 Å². The first-order valence-corrected chi connectivity index (χ1v) is 5.84. The van der Waals surface area contributed by atoms with Crippen molar-refractivity contribution in [2.45, 2.75) is 13.3 Å². The second kappa shape index (κ2) is 5.42. The van der Waals surface area contributed by atoms with Gasteiger partial charge in [-0.2, -0.15) is 0 Å². The number of ether oxygens (including phenoxy) is 1. The van der Waals surface area contributed by atoms with Crippen LogP contribution in [0.25, 0.3) is 0 Å². The Labute approximate surface area is 104 Å². The van der Waals surface area contributed by atoms with E-state index >= 15 is 0 Å². The molecule has 1 aromatic rings. The van der Waals surface area contributed by atoms with Gasteiger partial charge in [0.05, 0.1) is 5.56 Å². The molecule has 0 aliphatic carbocycles. The highest BCUT2D eigenvalue weighted by atomic mass is 79.9. The highest BCUT2D eigenvalue weighted by Crippen LogP contribution is 2.27. The lowest BCUT2D eigenvalue weighted by atomic mass is 10.2. The smallest absolute Gasteiger partial charge is 0.346 e. The van der Waals surface area contributed by atoms with Crippen LogP contribution in [0.3, 0.4) is 0 Å². The van der Waals surface area contributed by atoms with Gasteiger partial charge in [-0.1, -0.05) is 13.0 Å². The van der Waals surface area contributed by atoms with Crippen LogP contribution in [0.2, 0.25) is 0 Å². The molecule has 0 radical (unpaired) electrons. The van der Waals surface area contributed by atoms with E-state index < -0.39 is 11.9 Å². The van der Waals surface area contributed by atoms with Gasteiger partial charge in [0.2, 0.25) is 0 Å². The minimum Gasteiger partial charge on any atom is -0.389 e. The van der Waals surface area contributed by atoms with E-state index in [9.17, 15) is 9.59 Å². The largest absolute Gasteiger partial charge is 0.389 e. The van der Waals surface area contributed by atoms with Crippen LogP contribution in [0.5, 0.6) is 0 Å². The number of halogens is 2. The lowest BCUT2D eigenvalue weighted by molar-refractivity contribution is -0.137. The summed E-state index contributed by atoms with van der Waals surface area (Å²) in [6.07, 6.45) is 0.178. The van der Waals surface area contributed by atoms with E-state index in [-0.39, 0.29) is 6.42 Å². The van der Waals surface area contributed by atoms with E-state index in [4.69, 9.17) is 0 Å². The predicted octanol–water partition coefficient (Wildman–Crippen LogP) is 3.31. The molecule has 0 saturated heterocycles. The number of esters is 2. The first-order valence-electron chi connectivity index (χ1n) is 4.25. The Hall–Kier alpha value is -0.680. The van der Waals surface area contributed by atoms with Gasteiger partial charge in [-0.05, 0) is 44.0 Å². The molecule has 1 rings (SSSR count). The maximum Gasteiger partial charge on any atom is 0.346 e. The molecule has 0 unspecified atom stereocenters. The molecule has 0 fully saturated rings. The number of benzene rings is 1. The van der Waals surface area contributed by atoms with Crippen molar-refractivity contribution in [3.05, 3.63) is 32.7 Å². The SMILES string of the molecule is CCC(=O)OC(=O)c1cccc(Br)c1Br. The van der Waals surface area contributed by atoms with E-state index in [1.165, 1.54) is 0 Å². The second-order valence-corrected chi connectivity index (χ2v) is 4.36. The van der Waals surface area contributed by atoms with Crippen LogP contribution < -0.4 is 0 Å². The zero-order valence-electron chi connectivity index (χ0n) is 7.92. The summed E-state index contributed by atoms with van der Waals surface area (Å²) in [5.74, 6) is -1.18. The Morgan fingerprint density at radius 1 is 1.33 bits per heavy atom. The third-order valence-corrected chi connectivity index (χ3v) is 3.71. The Kier molecular flexibility index (Phi) is 4.47. The monoisotopic (exact) mass is 334 g/mol. The van der Waals surface area contributed by atoms with E-state index in [1.54, 1.807) is 25.1 Å². The van der Waals surface area contributed by atoms with Crippen LogP contribution in [0.4, 0.5) is 0 Å². The molecule has 0 aliphatic heterocycles. The molecule has 80 valence electrons. The molecule has 3 nitrogen and oxygen atoms in total. The van der Waals surface area contributed by atoms with Crippen molar-refractivity contribution in [2.24, 2.45) is 0 Å². The molecule has 0 N–H and O–H groups in total. The number of hydrogen-bond donors (Lipinski definition) is 0. The van der Waals surface area contributed by atoms with Crippen LogP contribution in [0, 0.1) is 0 Å². The van der Waals surface area contributed by atoms with E-state index in [1.807, 2.05) is 0 Å². The maximum atomic E-state index is 11.5. The summed E-state index contributed by atoms with van der Waals surface area (Å²) in [7, 11) is 0. The molecular formula is C10H8Br2O3. The normalized spacial score (nSPS) is 9.80. The molecule has 1 aromatic carbocycles. The Morgan fingerprint density at radius 2 is 2.00 bits per heavy atom. The Morgan fingerprint density at radius 3 is 2.60 bits per heavy atom. The van der Waals surface area contributed by atoms with E-state index in [2.05, 4.69) is 36.6 Å². The molecule has 0 bridgehead atoms. The van der Waals surface area contributed by atoms with Crippen LogP contribution in [0.15, 0.2) is 27.1 Å². The van der Waals surface area contributed by atoms with Crippen molar-refractivity contribution in [3.63, 3.8) is 0 Å². The molecule has 0 atom stereocenters. The zero-order chi connectivity index (χ0) is 11.4. The second-order valence-electron chi connectivity index (χ2n) is 2.72. The number of carbonyl (C=O) groups excluding carboxylic acids is 2.